The lowest BCUT2D eigenvalue weighted by molar-refractivity contribution is 0.769. The van der Waals surface area contributed by atoms with E-state index < -0.39 is 0 Å². The van der Waals surface area contributed by atoms with Gasteiger partial charge >= 0.3 is 0 Å². The van der Waals surface area contributed by atoms with Crippen LogP contribution in [0, 0.1) is 13.8 Å². The quantitative estimate of drug-likeness (QED) is 0.796. The summed E-state index contributed by atoms with van der Waals surface area (Å²) in [5.41, 5.74) is 3.35. The molecule has 1 aromatic heterocycles. The normalized spacial score (nSPS) is 10.8. The Kier molecular flexibility index (Phi) is 3.22. The molecule has 0 saturated carbocycles. The van der Waals surface area contributed by atoms with Gasteiger partial charge in [0, 0.05) is 12.2 Å². The van der Waals surface area contributed by atoms with Crippen LogP contribution >= 0.6 is 23.2 Å². The topological polar surface area (TPSA) is 17.8 Å². The number of halogens is 2. The molecule has 0 N–H and O–H groups in total. The van der Waals surface area contributed by atoms with Crippen molar-refractivity contribution in [3.8, 4) is 0 Å². The lowest BCUT2D eigenvalue weighted by atomic mass is 10.2. The number of hydrogen-bond donors (Lipinski definition) is 0. The molecule has 0 radical (unpaired) electrons. The van der Waals surface area contributed by atoms with E-state index in [1.807, 2.05) is 31.5 Å². The van der Waals surface area contributed by atoms with E-state index in [1.165, 1.54) is 5.69 Å². The molecule has 2 rings (SSSR count). The fourth-order valence-corrected chi connectivity index (χ4v) is 1.86. The SMILES string of the molecule is Cc1ncn(Cc2ccc(Cl)c(Cl)c2)c1C. The summed E-state index contributed by atoms with van der Waals surface area (Å²) in [5, 5.41) is 1.18. The third-order valence-corrected chi connectivity index (χ3v) is 3.42. The molecule has 0 aliphatic heterocycles. The molecule has 0 amide bonds. The first-order chi connectivity index (χ1) is 7.58. The fraction of sp³-hybridized carbons (Fsp3) is 0.250. The molecule has 0 fully saturated rings. The van der Waals surface area contributed by atoms with Crippen molar-refractivity contribution in [3.63, 3.8) is 0 Å². The maximum Gasteiger partial charge on any atom is 0.0954 e. The van der Waals surface area contributed by atoms with Gasteiger partial charge in [0.25, 0.3) is 0 Å². The van der Waals surface area contributed by atoms with E-state index in [-0.39, 0.29) is 0 Å². The summed E-state index contributed by atoms with van der Waals surface area (Å²) < 4.78 is 2.09. The lowest BCUT2D eigenvalue weighted by Crippen LogP contribution is -2.00. The minimum Gasteiger partial charge on any atom is -0.330 e. The van der Waals surface area contributed by atoms with Gasteiger partial charge in [0.05, 0.1) is 22.1 Å². The second-order valence-corrected chi connectivity index (χ2v) is 4.61. The van der Waals surface area contributed by atoms with Crippen molar-refractivity contribution in [2.24, 2.45) is 0 Å². The molecule has 1 aromatic carbocycles. The number of rotatable bonds is 2. The van der Waals surface area contributed by atoms with Crippen molar-refractivity contribution in [3.05, 3.63) is 51.5 Å². The van der Waals surface area contributed by atoms with Crippen LogP contribution in [0.1, 0.15) is 17.0 Å². The van der Waals surface area contributed by atoms with Crippen LogP contribution in [0.15, 0.2) is 24.5 Å². The van der Waals surface area contributed by atoms with Gasteiger partial charge in [-0.25, -0.2) is 4.98 Å². The molecule has 1 heterocycles. The molecule has 2 nitrogen and oxygen atoms in total. The zero-order valence-corrected chi connectivity index (χ0v) is 10.7. The first-order valence-electron chi connectivity index (χ1n) is 5.00. The molecule has 0 aliphatic rings. The molecule has 0 spiro atoms. The predicted molar refractivity (Wildman–Crippen MR) is 67.3 cm³/mol. The maximum atomic E-state index is 5.97. The first-order valence-corrected chi connectivity index (χ1v) is 5.76. The largest absolute Gasteiger partial charge is 0.330 e. The van der Waals surface area contributed by atoms with E-state index in [2.05, 4.69) is 16.5 Å². The number of aromatic nitrogens is 2. The molecular formula is C12H12Cl2N2. The lowest BCUT2D eigenvalue weighted by Gasteiger charge is -2.06. The van der Waals surface area contributed by atoms with Crippen LogP contribution in [0.5, 0.6) is 0 Å². The third kappa shape index (κ3) is 2.23. The van der Waals surface area contributed by atoms with Gasteiger partial charge in [-0.2, -0.15) is 0 Å². The van der Waals surface area contributed by atoms with Crippen LogP contribution in [0.4, 0.5) is 0 Å². The van der Waals surface area contributed by atoms with Crippen molar-refractivity contribution >= 4 is 23.2 Å². The van der Waals surface area contributed by atoms with Crippen molar-refractivity contribution < 1.29 is 0 Å². The molecule has 16 heavy (non-hydrogen) atoms. The average molecular weight is 255 g/mol. The van der Waals surface area contributed by atoms with E-state index in [0.29, 0.717) is 10.0 Å². The van der Waals surface area contributed by atoms with Crippen molar-refractivity contribution in [2.75, 3.05) is 0 Å². The van der Waals surface area contributed by atoms with Gasteiger partial charge in [0.2, 0.25) is 0 Å². The molecule has 0 unspecified atom stereocenters. The molecular weight excluding hydrogens is 243 g/mol. The Morgan fingerprint density at radius 3 is 2.50 bits per heavy atom. The van der Waals surface area contributed by atoms with Crippen LogP contribution in [0.2, 0.25) is 10.0 Å². The summed E-state index contributed by atoms with van der Waals surface area (Å²) in [6.07, 6.45) is 1.84. The highest BCUT2D eigenvalue weighted by molar-refractivity contribution is 6.42. The van der Waals surface area contributed by atoms with Crippen LogP contribution in [0.3, 0.4) is 0 Å². The molecule has 2 aromatic rings. The van der Waals surface area contributed by atoms with Crippen molar-refractivity contribution in [1.29, 1.82) is 0 Å². The highest BCUT2D eigenvalue weighted by atomic mass is 35.5. The Hall–Kier alpha value is -0.990. The highest BCUT2D eigenvalue weighted by Gasteiger charge is 2.04. The zero-order chi connectivity index (χ0) is 11.7. The van der Waals surface area contributed by atoms with Crippen LogP contribution in [-0.4, -0.2) is 9.55 Å². The molecule has 84 valence electrons. The second-order valence-electron chi connectivity index (χ2n) is 3.79. The number of aryl methyl sites for hydroxylation is 1. The number of imidazole rings is 1. The Morgan fingerprint density at radius 2 is 1.94 bits per heavy atom. The highest BCUT2D eigenvalue weighted by Crippen LogP contribution is 2.23. The fourth-order valence-electron chi connectivity index (χ4n) is 1.54. The van der Waals surface area contributed by atoms with Crippen LogP contribution in [0.25, 0.3) is 0 Å². The minimum absolute atomic E-state index is 0.587. The van der Waals surface area contributed by atoms with Crippen LogP contribution in [-0.2, 0) is 6.54 Å². The summed E-state index contributed by atoms with van der Waals surface area (Å²) in [4.78, 5) is 4.26. The number of benzene rings is 1. The van der Waals surface area contributed by atoms with E-state index in [1.54, 1.807) is 0 Å². The van der Waals surface area contributed by atoms with Gasteiger partial charge in [0.1, 0.15) is 0 Å². The summed E-state index contributed by atoms with van der Waals surface area (Å²) in [5.74, 6) is 0. The Bertz CT molecular complexity index is 518. The zero-order valence-electron chi connectivity index (χ0n) is 9.17. The number of hydrogen-bond acceptors (Lipinski definition) is 1. The van der Waals surface area contributed by atoms with Crippen molar-refractivity contribution in [1.82, 2.24) is 9.55 Å². The summed E-state index contributed by atoms with van der Waals surface area (Å²) in [6.45, 7) is 4.82. The third-order valence-electron chi connectivity index (χ3n) is 2.68. The van der Waals surface area contributed by atoms with E-state index >= 15 is 0 Å². The molecule has 0 bridgehead atoms. The summed E-state index contributed by atoms with van der Waals surface area (Å²) in [7, 11) is 0. The van der Waals surface area contributed by atoms with Gasteiger partial charge in [-0.05, 0) is 31.5 Å². The molecule has 0 saturated heterocycles. The Morgan fingerprint density at radius 1 is 1.19 bits per heavy atom. The second kappa shape index (κ2) is 4.48. The number of nitrogens with zero attached hydrogens (tertiary/aromatic N) is 2. The van der Waals surface area contributed by atoms with E-state index in [0.717, 1.165) is 17.8 Å². The summed E-state index contributed by atoms with van der Waals surface area (Å²) >= 11 is 11.8. The van der Waals surface area contributed by atoms with E-state index in [9.17, 15) is 0 Å². The standard InChI is InChI=1S/C12H12Cl2N2/c1-8-9(2)16(7-15-8)6-10-3-4-11(13)12(14)5-10/h3-5,7H,6H2,1-2H3. The molecule has 0 aliphatic carbocycles. The molecule has 4 heteroatoms. The Labute approximate surface area is 105 Å². The summed E-state index contributed by atoms with van der Waals surface area (Å²) in [6, 6.07) is 5.68. The smallest absolute Gasteiger partial charge is 0.0954 e. The van der Waals surface area contributed by atoms with Crippen LogP contribution < -0.4 is 0 Å². The Balaban J connectivity index is 2.27. The van der Waals surface area contributed by atoms with E-state index in [4.69, 9.17) is 23.2 Å². The monoisotopic (exact) mass is 254 g/mol. The minimum atomic E-state index is 0.587. The maximum absolute atomic E-state index is 5.97. The van der Waals surface area contributed by atoms with Gasteiger partial charge in [-0.15, -0.1) is 0 Å². The average Bonchev–Trinajstić information content (AvgIpc) is 2.55. The van der Waals surface area contributed by atoms with Gasteiger partial charge in [-0.1, -0.05) is 29.3 Å². The first kappa shape index (κ1) is 11.5. The van der Waals surface area contributed by atoms with Crippen molar-refractivity contribution in [2.45, 2.75) is 20.4 Å². The predicted octanol–water partition coefficient (Wildman–Crippen LogP) is 3.86. The van der Waals surface area contributed by atoms with Gasteiger partial charge < -0.3 is 4.57 Å². The molecule has 0 atom stereocenters. The van der Waals surface area contributed by atoms with Gasteiger partial charge in [0.15, 0.2) is 0 Å². The van der Waals surface area contributed by atoms with Gasteiger partial charge in [-0.3, -0.25) is 0 Å².